The van der Waals surface area contributed by atoms with Crippen molar-refractivity contribution in [2.45, 2.75) is 31.6 Å². The number of pyridine rings is 1. The topological polar surface area (TPSA) is 122 Å². The molecule has 46 heavy (non-hydrogen) atoms. The number of hydrogen-bond acceptors (Lipinski definition) is 8. The molecular formula is C32H23ClF2N8O3. The molecular weight excluding hydrogens is 618 g/mol. The summed E-state index contributed by atoms with van der Waals surface area (Å²) in [4.78, 5) is 31.4. The number of aromatic nitrogens is 7. The van der Waals surface area contributed by atoms with Crippen LogP contribution in [0.15, 0.2) is 73.6 Å². The fourth-order valence-corrected chi connectivity index (χ4v) is 6.11. The minimum atomic E-state index is -3.84. The molecule has 0 spiro atoms. The molecule has 4 aromatic heterocycles. The zero-order chi connectivity index (χ0) is 31.6. The minimum Gasteiger partial charge on any atom is -0.420 e. The first-order chi connectivity index (χ1) is 22.2. The molecule has 0 saturated heterocycles. The molecule has 1 aliphatic heterocycles. The molecule has 11 nitrogen and oxygen atoms in total. The number of carbonyl (C=O) groups is 1. The Morgan fingerprint density at radius 2 is 1.91 bits per heavy atom. The van der Waals surface area contributed by atoms with Crippen LogP contribution in [0.25, 0.3) is 39.1 Å². The normalized spacial score (nSPS) is 15.3. The second-order valence-corrected chi connectivity index (χ2v) is 11.6. The van der Waals surface area contributed by atoms with E-state index in [4.69, 9.17) is 31.4 Å². The van der Waals surface area contributed by atoms with Gasteiger partial charge in [0.15, 0.2) is 0 Å². The highest BCUT2D eigenvalue weighted by Crippen LogP contribution is 2.40. The molecule has 2 aromatic carbocycles. The second kappa shape index (κ2) is 10.7. The van der Waals surface area contributed by atoms with Gasteiger partial charge in [-0.2, -0.15) is 5.10 Å². The zero-order valence-corrected chi connectivity index (χ0v) is 24.9. The molecule has 1 aliphatic carbocycles. The molecule has 5 heterocycles. The van der Waals surface area contributed by atoms with Crippen molar-refractivity contribution in [3.63, 3.8) is 0 Å². The van der Waals surface area contributed by atoms with Crippen molar-refractivity contribution in [1.29, 1.82) is 0 Å². The number of rotatable bonds is 6. The van der Waals surface area contributed by atoms with Gasteiger partial charge in [0.25, 0.3) is 5.91 Å². The maximum Gasteiger partial charge on any atom is 0.487 e. The first-order valence-electron chi connectivity index (χ1n) is 14.3. The van der Waals surface area contributed by atoms with E-state index < -0.39 is 11.5 Å². The van der Waals surface area contributed by atoms with Crippen molar-refractivity contribution < 1.29 is 23.0 Å². The van der Waals surface area contributed by atoms with E-state index >= 15 is 0 Å². The number of carbonyl (C=O) groups excluding carboxylic acids is 1. The summed E-state index contributed by atoms with van der Waals surface area (Å²) in [6.45, 7) is 2.94. The number of hydrogen-bond donors (Lipinski definition) is 1. The number of nitrogens with one attached hydrogen (secondary N) is 1. The van der Waals surface area contributed by atoms with E-state index in [0.717, 1.165) is 50.7 Å². The van der Waals surface area contributed by atoms with E-state index in [9.17, 15) is 13.6 Å². The number of alkyl halides is 3. The van der Waals surface area contributed by atoms with E-state index in [2.05, 4.69) is 37.6 Å². The molecule has 2 aliphatic rings. The van der Waals surface area contributed by atoms with Gasteiger partial charge in [0.2, 0.25) is 0 Å². The van der Waals surface area contributed by atoms with Crippen molar-refractivity contribution in [2.24, 2.45) is 0 Å². The maximum absolute atomic E-state index is 13.6. The van der Waals surface area contributed by atoms with Crippen LogP contribution >= 0.6 is 11.6 Å². The molecule has 14 heteroatoms. The number of ether oxygens (including phenoxy) is 2. The van der Waals surface area contributed by atoms with Crippen molar-refractivity contribution in [2.75, 3.05) is 11.9 Å². The third-order valence-electron chi connectivity index (χ3n) is 7.99. The lowest BCUT2D eigenvalue weighted by Crippen LogP contribution is -2.21. The van der Waals surface area contributed by atoms with Gasteiger partial charge in [-0.05, 0) is 49.4 Å². The van der Waals surface area contributed by atoms with Crippen LogP contribution in [-0.2, 0) is 17.8 Å². The molecule has 0 bridgehead atoms. The number of benzene rings is 2. The fourth-order valence-electron chi connectivity index (χ4n) is 6.02. The van der Waals surface area contributed by atoms with Crippen LogP contribution in [0.5, 0.6) is 5.75 Å². The summed E-state index contributed by atoms with van der Waals surface area (Å²) in [5, 5.41) is 7.65. The van der Waals surface area contributed by atoms with Gasteiger partial charge in [0.05, 0.1) is 47.5 Å². The molecule has 8 rings (SSSR count). The van der Waals surface area contributed by atoms with E-state index in [-0.39, 0.29) is 11.8 Å². The van der Waals surface area contributed by atoms with Gasteiger partial charge in [0, 0.05) is 63.9 Å². The highest BCUT2D eigenvalue weighted by Gasteiger charge is 2.29. The Morgan fingerprint density at radius 3 is 2.70 bits per heavy atom. The average Bonchev–Trinajstić information content (AvgIpc) is 3.72. The Hall–Kier alpha value is -5.27. The molecule has 1 amide bonds. The van der Waals surface area contributed by atoms with Gasteiger partial charge in [-0.1, -0.05) is 0 Å². The van der Waals surface area contributed by atoms with Gasteiger partial charge < -0.3 is 19.4 Å². The Kier molecular flexibility index (Phi) is 6.55. The Labute approximate surface area is 264 Å². The second-order valence-electron chi connectivity index (χ2n) is 11.1. The number of amides is 1. The monoisotopic (exact) mass is 640 g/mol. The molecule has 0 unspecified atom stereocenters. The predicted molar refractivity (Wildman–Crippen MR) is 164 cm³/mol. The van der Waals surface area contributed by atoms with Crippen LogP contribution in [0.4, 0.5) is 14.5 Å². The summed E-state index contributed by atoms with van der Waals surface area (Å²) in [5.74, 6) is 0.213. The summed E-state index contributed by atoms with van der Waals surface area (Å²) in [7, 11) is 0. The van der Waals surface area contributed by atoms with Crippen LogP contribution in [0.1, 0.15) is 40.4 Å². The molecule has 0 radical (unpaired) electrons. The number of fused-ring (bicyclic) bond motifs is 6. The molecule has 230 valence electrons. The van der Waals surface area contributed by atoms with Crippen molar-refractivity contribution in [3.8, 4) is 33.8 Å². The van der Waals surface area contributed by atoms with Crippen LogP contribution in [0.2, 0.25) is 0 Å². The number of nitrogens with zero attached hydrogens (tertiary/aromatic N) is 7. The first-order valence-corrected chi connectivity index (χ1v) is 14.7. The predicted octanol–water partition coefficient (Wildman–Crippen LogP) is 6.16. The quantitative estimate of drug-likeness (QED) is 0.215. The number of anilines is 1. The Balaban J connectivity index is 1.20. The average molecular weight is 641 g/mol. The highest BCUT2D eigenvalue weighted by atomic mass is 35.5. The van der Waals surface area contributed by atoms with Crippen molar-refractivity contribution >= 4 is 34.2 Å². The van der Waals surface area contributed by atoms with E-state index in [1.807, 2.05) is 18.5 Å². The van der Waals surface area contributed by atoms with Crippen LogP contribution in [-0.4, -0.2) is 52.4 Å². The van der Waals surface area contributed by atoms with Crippen molar-refractivity contribution in [1.82, 2.24) is 34.3 Å². The molecule has 6 aromatic rings. The van der Waals surface area contributed by atoms with Gasteiger partial charge in [-0.25, -0.2) is 19.6 Å². The molecule has 0 fully saturated rings. The summed E-state index contributed by atoms with van der Waals surface area (Å²) in [6, 6.07) is 11.1. The van der Waals surface area contributed by atoms with Crippen LogP contribution in [0.3, 0.4) is 0 Å². The maximum atomic E-state index is 13.6. The van der Waals surface area contributed by atoms with Gasteiger partial charge >= 0.3 is 5.57 Å². The Bertz CT molecular complexity index is 2150. The third-order valence-corrected chi connectivity index (χ3v) is 8.07. The fraction of sp³-hybridized carbons (Fsp3) is 0.188. The third kappa shape index (κ3) is 5.03. The van der Waals surface area contributed by atoms with Gasteiger partial charge in [0.1, 0.15) is 30.2 Å². The highest BCUT2D eigenvalue weighted by molar-refractivity contribution is 6.20. The largest absolute Gasteiger partial charge is 0.487 e. The summed E-state index contributed by atoms with van der Waals surface area (Å²) in [5.41, 5.74) is 4.44. The SMILES string of the molecule is C[C@@H]1COCc2nc3cc(C(=O)Nc4ccc(OC(F)(F)Cl)cc4)cc(-c4cnc5c(c4)-c4nn(-c6cncnc6)cc4C5)c3n21. The van der Waals surface area contributed by atoms with E-state index in [1.165, 1.54) is 30.6 Å². The lowest BCUT2D eigenvalue weighted by atomic mass is 9.99. The minimum absolute atomic E-state index is 0.0195. The summed E-state index contributed by atoms with van der Waals surface area (Å²) in [6.07, 6.45) is 9.29. The van der Waals surface area contributed by atoms with E-state index in [0.29, 0.717) is 36.4 Å². The lowest BCUT2D eigenvalue weighted by Gasteiger charge is -2.23. The molecule has 1 N–H and O–H groups in total. The lowest BCUT2D eigenvalue weighted by molar-refractivity contribution is -0.0964. The smallest absolute Gasteiger partial charge is 0.420 e. The molecule has 1 atom stereocenters. The van der Waals surface area contributed by atoms with Crippen molar-refractivity contribution in [3.05, 3.63) is 96.2 Å². The standard InChI is InChI=1S/C32H23ClF2N8O3/c1-17-14-45-15-28-40-27-8-18(31(44)39-21-2-4-23(5-3-21)46-32(33,34)35)6-24(30(27)43(17)28)19-7-25-26(38-10-19)9-20-13-42(41-29(20)25)22-11-36-16-37-12-22/h2-8,10-13,16-17H,9,14-15H2,1H3,(H,39,44)/t17-/m1/s1. The van der Waals surface area contributed by atoms with Crippen LogP contribution in [0, 0.1) is 0 Å². The van der Waals surface area contributed by atoms with Gasteiger partial charge in [-0.15, -0.1) is 8.78 Å². The Morgan fingerprint density at radius 1 is 1.11 bits per heavy atom. The van der Waals surface area contributed by atoms with Gasteiger partial charge in [-0.3, -0.25) is 9.78 Å². The zero-order valence-electron chi connectivity index (χ0n) is 24.1. The summed E-state index contributed by atoms with van der Waals surface area (Å²) < 4.78 is 40.1. The first kappa shape index (κ1) is 28.2. The summed E-state index contributed by atoms with van der Waals surface area (Å²) >= 11 is 4.86. The molecule has 0 saturated carbocycles. The van der Waals surface area contributed by atoms with Crippen LogP contribution < -0.4 is 10.1 Å². The number of halogens is 3. The van der Waals surface area contributed by atoms with E-state index in [1.54, 1.807) is 23.1 Å². The number of imidazole rings is 1.